The zero-order chi connectivity index (χ0) is 25.1. The van der Waals surface area contributed by atoms with E-state index in [0.29, 0.717) is 35.1 Å². The molecular formula is C27H23F2NO6. The highest BCUT2D eigenvalue weighted by atomic mass is 19.1. The SMILES string of the molecule is COc1ccc2c(c1-c1cc(F)cc(F)c1)C(=O)O[C@@H]2[C@H]1c2c(cc3c(c2OC)OCO3)CCN1C. The molecule has 0 aliphatic carbocycles. The summed E-state index contributed by atoms with van der Waals surface area (Å²) >= 11 is 0. The molecule has 36 heavy (non-hydrogen) atoms. The van der Waals surface area contributed by atoms with Gasteiger partial charge in [0, 0.05) is 29.3 Å². The number of fused-ring (bicyclic) bond motifs is 3. The van der Waals surface area contributed by atoms with Crippen LogP contribution in [0.5, 0.6) is 23.0 Å². The summed E-state index contributed by atoms with van der Waals surface area (Å²) in [6.07, 6.45) is 0.0492. The van der Waals surface area contributed by atoms with Crippen LogP contribution in [0.4, 0.5) is 8.78 Å². The standard InChI is InChI=1S/C27H23F2NO6/c1-30-7-6-13-10-19-25(35-12-34-19)26(33-3)21(13)23(30)24-17-4-5-18(32-2)20(22(17)27(31)36-24)14-8-15(28)11-16(29)9-14/h4-5,8-11,23-24H,6-7,12H2,1-3H3/t23-,24+/m1/s1. The molecule has 0 saturated carbocycles. The van der Waals surface area contributed by atoms with Crippen LogP contribution >= 0.6 is 0 Å². The molecule has 3 aromatic carbocycles. The van der Waals surface area contributed by atoms with Crippen LogP contribution in [0.25, 0.3) is 11.1 Å². The molecule has 0 unspecified atom stereocenters. The van der Waals surface area contributed by atoms with Crippen molar-refractivity contribution in [3.8, 4) is 34.1 Å². The lowest BCUT2D eigenvalue weighted by molar-refractivity contribution is 0.00884. The summed E-state index contributed by atoms with van der Waals surface area (Å²) in [5.74, 6) is -0.0984. The maximum atomic E-state index is 14.1. The number of benzene rings is 3. The van der Waals surface area contributed by atoms with Crippen LogP contribution in [-0.4, -0.2) is 45.5 Å². The van der Waals surface area contributed by atoms with Gasteiger partial charge in [0.05, 0.1) is 25.8 Å². The Kier molecular flexibility index (Phi) is 5.26. The van der Waals surface area contributed by atoms with Crippen molar-refractivity contribution >= 4 is 5.97 Å². The molecule has 9 heteroatoms. The number of ether oxygens (including phenoxy) is 5. The van der Waals surface area contributed by atoms with Crippen LogP contribution in [0.1, 0.15) is 39.2 Å². The van der Waals surface area contributed by atoms with Crippen LogP contribution in [0.15, 0.2) is 36.4 Å². The van der Waals surface area contributed by atoms with E-state index in [2.05, 4.69) is 4.90 Å². The van der Waals surface area contributed by atoms with Gasteiger partial charge >= 0.3 is 5.97 Å². The van der Waals surface area contributed by atoms with Crippen molar-refractivity contribution in [2.45, 2.75) is 18.6 Å². The number of rotatable bonds is 4. The normalized spacial score (nSPS) is 20.1. The Morgan fingerprint density at radius 1 is 1.00 bits per heavy atom. The van der Waals surface area contributed by atoms with E-state index in [-0.39, 0.29) is 23.5 Å². The maximum absolute atomic E-state index is 14.1. The van der Waals surface area contributed by atoms with E-state index < -0.39 is 29.7 Å². The van der Waals surface area contributed by atoms with Crippen molar-refractivity contribution in [2.75, 3.05) is 34.6 Å². The number of hydrogen-bond acceptors (Lipinski definition) is 7. The lowest BCUT2D eigenvalue weighted by Crippen LogP contribution is -2.36. The number of hydrogen-bond donors (Lipinski definition) is 0. The Morgan fingerprint density at radius 2 is 1.78 bits per heavy atom. The molecule has 0 N–H and O–H groups in total. The van der Waals surface area contributed by atoms with E-state index in [4.69, 9.17) is 23.7 Å². The molecule has 3 aliphatic rings. The number of carbonyl (C=O) groups excluding carboxylic acids is 1. The topological polar surface area (TPSA) is 66.5 Å². The van der Waals surface area contributed by atoms with E-state index in [1.54, 1.807) is 19.2 Å². The number of methoxy groups -OCH3 is 2. The predicted octanol–water partition coefficient (Wildman–Crippen LogP) is 4.82. The Bertz CT molecular complexity index is 1390. The third-order valence-electron chi connectivity index (χ3n) is 7.05. The van der Waals surface area contributed by atoms with Crippen molar-refractivity contribution < 1.29 is 37.3 Å². The van der Waals surface area contributed by atoms with Gasteiger partial charge < -0.3 is 23.7 Å². The second-order valence-electron chi connectivity index (χ2n) is 8.98. The van der Waals surface area contributed by atoms with Crippen LogP contribution in [0.2, 0.25) is 0 Å². The van der Waals surface area contributed by atoms with Crippen molar-refractivity contribution in [3.05, 3.63) is 70.3 Å². The second-order valence-corrected chi connectivity index (χ2v) is 8.98. The fourth-order valence-corrected chi connectivity index (χ4v) is 5.53. The van der Waals surface area contributed by atoms with E-state index in [9.17, 15) is 13.6 Å². The minimum absolute atomic E-state index is 0.101. The van der Waals surface area contributed by atoms with E-state index in [0.717, 1.165) is 23.6 Å². The third-order valence-corrected chi connectivity index (χ3v) is 7.05. The summed E-state index contributed by atoms with van der Waals surface area (Å²) in [6, 6.07) is 8.14. The molecule has 186 valence electrons. The first-order valence-electron chi connectivity index (χ1n) is 11.5. The van der Waals surface area contributed by atoms with E-state index in [1.165, 1.54) is 19.2 Å². The molecule has 0 bridgehead atoms. The first kappa shape index (κ1) is 22.6. The molecule has 0 aromatic heterocycles. The molecule has 3 aliphatic heterocycles. The first-order valence-corrected chi connectivity index (χ1v) is 11.5. The Labute approximate surface area is 206 Å². The van der Waals surface area contributed by atoms with Gasteiger partial charge in [-0.1, -0.05) is 6.07 Å². The molecule has 0 radical (unpaired) electrons. The van der Waals surface area contributed by atoms with Crippen LogP contribution in [0.3, 0.4) is 0 Å². The summed E-state index contributed by atoms with van der Waals surface area (Å²) in [6.45, 7) is 0.811. The molecule has 3 aromatic rings. The summed E-state index contributed by atoms with van der Waals surface area (Å²) in [4.78, 5) is 15.5. The van der Waals surface area contributed by atoms with Gasteiger partial charge in [-0.25, -0.2) is 13.6 Å². The fraction of sp³-hybridized carbons (Fsp3) is 0.296. The highest BCUT2D eigenvalue weighted by Gasteiger charge is 2.46. The van der Waals surface area contributed by atoms with Crippen LogP contribution < -0.4 is 18.9 Å². The van der Waals surface area contributed by atoms with Crippen molar-refractivity contribution in [1.82, 2.24) is 4.90 Å². The van der Waals surface area contributed by atoms with Crippen molar-refractivity contribution in [1.29, 1.82) is 0 Å². The number of nitrogens with zero attached hydrogens (tertiary/aromatic N) is 1. The van der Waals surface area contributed by atoms with Gasteiger partial charge in [-0.3, -0.25) is 4.90 Å². The molecule has 0 saturated heterocycles. The minimum Gasteiger partial charge on any atom is -0.496 e. The highest BCUT2D eigenvalue weighted by Crippen LogP contribution is 2.55. The van der Waals surface area contributed by atoms with Crippen LogP contribution in [-0.2, 0) is 11.2 Å². The quantitative estimate of drug-likeness (QED) is 0.481. The highest BCUT2D eigenvalue weighted by molar-refractivity contribution is 6.03. The summed E-state index contributed by atoms with van der Waals surface area (Å²) < 4.78 is 56.8. The zero-order valence-electron chi connectivity index (χ0n) is 19.9. The van der Waals surface area contributed by atoms with Crippen molar-refractivity contribution in [2.24, 2.45) is 0 Å². The summed E-state index contributed by atoms with van der Waals surface area (Å²) in [7, 11) is 4.96. The number of likely N-dealkylation sites (N-methyl/N-ethyl adjacent to an activating group) is 1. The zero-order valence-corrected chi connectivity index (χ0v) is 19.9. The fourth-order valence-electron chi connectivity index (χ4n) is 5.53. The predicted molar refractivity (Wildman–Crippen MR) is 125 cm³/mol. The van der Waals surface area contributed by atoms with Gasteiger partial charge in [0.25, 0.3) is 0 Å². The average molecular weight is 495 g/mol. The lowest BCUT2D eigenvalue weighted by atomic mass is 9.84. The maximum Gasteiger partial charge on any atom is 0.340 e. The smallest absolute Gasteiger partial charge is 0.340 e. The largest absolute Gasteiger partial charge is 0.496 e. The van der Waals surface area contributed by atoms with Gasteiger partial charge in [-0.2, -0.15) is 0 Å². The molecule has 2 atom stereocenters. The monoisotopic (exact) mass is 495 g/mol. The van der Waals surface area contributed by atoms with Gasteiger partial charge in [0.1, 0.15) is 23.5 Å². The Hall–Kier alpha value is -3.85. The van der Waals surface area contributed by atoms with Gasteiger partial charge in [-0.15, -0.1) is 0 Å². The number of esters is 1. The molecule has 0 fully saturated rings. The Balaban J connectivity index is 1.55. The minimum atomic E-state index is -0.755. The Morgan fingerprint density at radius 3 is 2.50 bits per heavy atom. The molecule has 7 nitrogen and oxygen atoms in total. The summed E-state index contributed by atoms with van der Waals surface area (Å²) in [5.41, 5.74) is 3.18. The first-order chi connectivity index (χ1) is 17.4. The van der Waals surface area contributed by atoms with Gasteiger partial charge in [0.2, 0.25) is 12.5 Å². The van der Waals surface area contributed by atoms with E-state index in [1.807, 2.05) is 13.1 Å². The molecule has 0 spiro atoms. The summed E-state index contributed by atoms with van der Waals surface area (Å²) in [5, 5.41) is 0. The molecule has 3 heterocycles. The van der Waals surface area contributed by atoms with Gasteiger partial charge in [-0.05, 0) is 48.9 Å². The second kappa shape index (κ2) is 8.37. The molecule has 6 rings (SSSR count). The number of carbonyl (C=O) groups is 1. The average Bonchev–Trinajstić information content (AvgIpc) is 3.45. The van der Waals surface area contributed by atoms with Crippen molar-refractivity contribution in [3.63, 3.8) is 0 Å². The number of cyclic esters (lactones) is 1. The number of halogens is 2. The van der Waals surface area contributed by atoms with Crippen LogP contribution in [0, 0.1) is 11.6 Å². The molecule has 0 amide bonds. The molecular weight excluding hydrogens is 472 g/mol. The van der Waals surface area contributed by atoms with Gasteiger partial charge in [0.15, 0.2) is 11.5 Å². The third kappa shape index (κ3) is 3.30. The van der Waals surface area contributed by atoms with E-state index >= 15 is 0 Å². The lowest BCUT2D eigenvalue weighted by Gasteiger charge is -2.38.